The van der Waals surface area contributed by atoms with Gasteiger partial charge in [-0.2, -0.15) is 0 Å². The van der Waals surface area contributed by atoms with E-state index >= 15 is 0 Å². The van der Waals surface area contributed by atoms with E-state index < -0.39 is 0 Å². The van der Waals surface area contributed by atoms with Crippen LogP contribution in [0.15, 0.2) is 33.2 Å². The molecule has 0 saturated heterocycles. The number of hydrogen-bond donors (Lipinski definition) is 0. The Balaban J connectivity index is 2.86. The van der Waals surface area contributed by atoms with E-state index in [2.05, 4.69) is 15.9 Å². The van der Waals surface area contributed by atoms with Gasteiger partial charge in [0, 0.05) is 0 Å². The van der Waals surface area contributed by atoms with Gasteiger partial charge in [-0.05, 0) is 0 Å². The Morgan fingerprint density at radius 1 is 1.40 bits per heavy atom. The van der Waals surface area contributed by atoms with Crippen LogP contribution in [-0.4, -0.2) is 6.91 Å². The van der Waals surface area contributed by atoms with Crippen molar-refractivity contribution >= 4 is 33.7 Å². The maximum atomic E-state index is 5.15. The molecule has 1 aromatic carbocycles. The van der Waals surface area contributed by atoms with Crippen LogP contribution in [0, 0.1) is 0 Å². The summed E-state index contributed by atoms with van der Waals surface area (Å²) < 4.78 is 6.24. The van der Waals surface area contributed by atoms with E-state index in [4.69, 9.17) is 4.42 Å². The van der Waals surface area contributed by atoms with Crippen LogP contribution in [0.5, 0.6) is 0 Å². The standard InChI is InChI=1S/C7H4BBrO/c9-5-1-2-7-6(3-5)8-4-10-7/h1-4H. The van der Waals surface area contributed by atoms with Gasteiger partial charge >= 0.3 is 67.0 Å². The molecule has 1 heterocycles. The fourth-order valence-electron chi connectivity index (χ4n) is 0.938. The monoisotopic (exact) mass is 194 g/mol. The Hall–Kier alpha value is -0.565. The van der Waals surface area contributed by atoms with Crippen LogP contribution >= 0.6 is 15.9 Å². The fraction of sp³-hybridized carbons (Fsp3) is 0. The van der Waals surface area contributed by atoms with Crippen LogP contribution in [0.25, 0.3) is 10.9 Å². The van der Waals surface area contributed by atoms with Crippen molar-refractivity contribution in [2.75, 3.05) is 0 Å². The number of fused-ring (bicyclic) bond motifs is 1. The van der Waals surface area contributed by atoms with Crippen molar-refractivity contribution in [2.24, 2.45) is 0 Å². The Morgan fingerprint density at radius 2 is 2.30 bits per heavy atom. The van der Waals surface area contributed by atoms with Crippen molar-refractivity contribution < 1.29 is 4.42 Å². The van der Waals surface area contributed by atoms with Crippen LogP contribution < -0.4 is 0 Å². The summed E-state index contributed by atoms with van der Waals surface area (Å²) in [7, 11) is 0. The second-order valence-electron chi connectivity index (χ2n) is 2.10. The summed E-state index contributed by atoms with van der Waals surface area (Å²) in [4.78, 5) is 0. The average Bonchev–Trinajstić information content (AvgIpc) is 2.33. The first kappa shape index (κ1) is 6.16. The van der Waals surface area contributed by atoms with Gasteiger partial charge in [-0.1, -0.05) is 0 Å². The maximum absolute atomic E-state index is 5.15. The number of benzene rings is 1. The molecule has 2 aromatic rings. The van der Waals surface area contributed by atoms with Crippen LogP contribution in [-0.2, 0) is 0 Å². The van der Waals surface area contributed by atoms with Gasteiger partial charge < -0.3 is 0 Å². The quantitative estimate of drug-likeness (QED) is 0.629. The SMILES string of the molecule is Brc1ccc2ocbc2c1. The molecule has 2 rings (SSSR count). The van der Waals surface area contributed by atoms with Crippen molar-refractivity contribution in [2.45, 2.75) is 0 Å². The van der Waals surface area contributed by atoms with Gasteiger partial charge in [0.25, 0.3) is 0 Å². The van der Waals surface area contributed by atoms with Crippen molar-refractivity contribution in [1.29, 1.82) is 0 Å². The van der Waals surface area contributed by atoms with Gasteiger partial charge in [0.15, 0.2) is 0 Å². The van der Waals surface area contributed by atoms with Crippen LogP contribution in [0.2, 0.25) is 0 Å². The topological polar surface area (TPSA) is 13.1 Å². The Labute approximate surface area is 67.4 Å². The van der Waals surface area contributed by atoms with E-state index in [-0.39, 0.29) is 0 Å². The summed E-state index contributed by atoms with van der Waals surface area (Å²) in [6.45, 7) is 1.94. The predicted octanol–water partition coefficient (Wildman–Crippen LogP) is 2.53. The van der Waals surface area contributed by atoms with Crippen molar-refractivity contribution in [1.82, 2.24) is 0 Å². The predicted molar refractivity (Wildman–Crippen MR) is 45.3 cm³/mol. The normalized spacial score (nSPS) is 10.1. The summed E-state index contributed by atoms with van der Waals surface area (Å²) in [6, 6.07) is 5.93. The molecule has 0 N–H and O–H groups in total. The average molecular weight is 195 g/mol. The molecule has 0 amide bonds. The van der Waals surface area contributed by atoms with Gasteiger partial charge in [0.05, 0.1) is 0 Å². The molecular formula is C7H4BBrO. The van der Waals surface area contributed by atoms with E-state index in [1.54, 1.807) is 6.16 Å². The van der Waals surface area contributed by atoms with E-state index in [1.807, 2.05) is 25.1 Å². The minimum atomic E-state index is 0.934. The third-order valence-electron chi connectivity index (χ3n) is 1.41. The fourth-order valence-corrected chi connectivity index (χ4v) is 1.32. The van der Waals surface area contributed by atoms with Gasteiger partial charge in [-0.25, -0.2) is 0 Å². The summed E-state index contributed by atoms with van der Waals surface area (Å²) in [5.74, 6) is 0. The Morgan fingerprint density at radius 3 is 3.20 bits per heavy atom. The molecule has 0 atom stereocenters. The molecule has 0 bridgehead atoms. The van der Waals surface area contributed by atoms with Crippen molar-refractivity contribution in [3.8, 4) is 0 Å². The second-order valence-corrected chi connectivity index (χ2v) is 3.02. The molecule has 0 fully saturated rings. The molecule has 0 aliphatic heterocycles. The molecule has 0 unspecified atom stereocenters. The first-order valence-electron chi connectivity index (χ1n) is 2.99. The Bertz CT molecular complexity index is 355. The van der Waals surface area contributed by atoms with Gasteiger partial charge in [0.2, 0.25) is 0 Å². The number of hydrogen-bond acceptors (Lipinski definition) is 1. The first-order valence-corrected chi connectivity index (χ1v) is 3.78. The molecular weight excluding hydrogens is 191 g/mol. The molecule has 0 aliphatic rings. The number of rotatable bonds is 0. The molecule has 48 valence electrons. The third-order valence-corrected chi connectivity index (χ3v) is 1.91. The second kappa shape index (κ2) is 2.24. The van der Waals surface area contributed by atoms with Gasteiger partial charge in [0.1, 0.15) is 0 Å². The van der Waals surface area contributed by atoms with Gasteiger partial charge in [-0.15, -0.1) is 0 Å². The van der Waals surface area contributed by atoms with E-state index in [0.717, 1.165) is 15.3 Å². The molecule has 0 spiro atoms. The third kappa shape index (κ3) is 0.906. The summed E-state index contributed by atoms with van der Waals surface area (Å²) >= 11 is 3.38. The zero-order valence-electron chi connectivity index (χ0n) is 5.17. The molecule has 0 radical (unpaired) electrons. The molecule has 1 aromatic heterocycles. The summed E-state index contributed by atoms with van der Waals surface area (Å²) in [5.41, 5.74) is 0.934. The molecule has 0 aliphatic carbocycles. The molecule has 0 saturated carbocycles. The molecule has 1 nitrogen and oxygen atoms in total. The van der Waals surface area contributed by atoms with E-state index in [9.17, 15) is 0 Å². The van der Waals surface area contributed by atoms with E-state index in [1.165, 1.54) is 0 Å². The first-order chi connectivity index (χ1) is 4.86. The van der Waals surface area contributed by atoms with Crippen LogP contribution in [0.3, 0.4) is 0 Å². The number of halogens is 1. The van der Waals surface area contributed by atoms with Crippen LogP contribution in [0.1, 0.15) is 0 Å². The minimum absolute atomic E-state index is 0.934. The summed E-state index contributed by atoms with van der Waals surface area (Å²) in [6.07, 6.45) is 1.69. The van der Waals surface area contributed by atoms with Crippen molar-refractivity contribution in [3.63, 3.8) is 0 Å². The van der Waals surface area contributed by atoms with Crippen molar-refractivity contribution in [3.05, 3.63) is 28.8 Å². The van der Waals surface area contributed by atoms with E-state index in [0.29, 0.717) is 0 Å². The zero-order chi connectivity index (χ0) is 6.97. The van der Waals surface area contributed by atoms with Gasteiger partial charge in [-0.3, -0.25) is 0 Å². The Kier molecular flexibility index (Phi) is 1.38. The molecule has 3 heteroatoms. The van der Waals surface area contributed by atoms with Crippen LogP contribution in [0.4, 0.5) is 0 Å². The summed E-state index contributed by atoms with van der Waals surface area (Å²) in [5, 5.41) is 1.13. The zero-order valence-corrected chi connectivity index (χ0v) is 6.76. The molecule has 10 heavy (non-hydrogen) atoms.